The van der Waals surface area contributed by atoms with Gasteiger partial charge in [0.2, 0.25) is 0 Å². The number of ether oxygens (including phenoxy) is 1. The first kappa shape index (κ1) is 16.5. The Morgan fingerprint density at radius 1 is 1.04 bits per heavy atom. The quantitative estimate of drug-likeness (QED) is 0.862. The number of nitrogens with one attached hydrogen (secondary N) is 1. The molecule has 0 atom stereocenters. The van der Waals surface area contributed by atoms with Gasteiger partial charge in [-0.3, -0.25) is 4.79 Å². The van der Waals surface area contributed by atoms with Crippen LogP contribution in [-0.4, -0.2) is 32.6 Å². The molecule has 6 heteroatoms. The Morgan fingerprint density at radius 2 is 1.65 bits per heavy atom. The van der Waals surface area contributed by atoms with Crippen LogP contribution in [0.1, 0.15) is 10.4 Å². The summed E-state index contributed by atoms with van der Waals surface area (Å²) >= 11 is 0. The fourth-order valence-electron chi connectivity index (χ4n) is 1.84. The zero-order valence-electron chi connectivity index (χ0n) is 12.9. The van der Waals surface area contributed by atoms with Gasteiger partial charge >= 0.3 is 5.97 Å². The van der Waals surface area contributed by atoms with E-state index in [4.69, 9.17) is 4.74 Å². The van der Waals surface area contributed by atoms with Crippen molar-refractivity contribution < 1.29 is 18.7 Å². The molecule has 0 saturated carbocycles. The van der Waals surface area contributed by atoms with E-state index >= 15 is 0 Å². The normalized spacial score (nSPS) is 10.0. The molecule has 120 valence electrons. The Labute approximate surface area is 133 Å². The van der Waals surface area contributed by atoms with E-state index < -0.39 is 24.3 Å². The number of rotatable bonds is 5. The summed E-state index contributed by atoms with van der Waals surface area (Å²) in [5, 5.41) is 2.51. The van der Waals surface area contributed by atoms with Crippen LogP contribution in [0.2, 0.25) is 0 Å². The molecular weight excluding hydrogens is 299 g/mol. The monoisotopic (exact) mass is 316 g/mol. The maximum absolute atomic E-state index is 12.8. The van der Waals surface area contributed by atoms with Gasteiger partial charge in [-0.2, -0.15) is 0 Å². The fourth-order valence-corrected chi connectivity index (χ4v) is 1.84. The first-order valence-electron chi connectivity index (χ1n) is 6.95. The van der Waals surface area contributed by atoms with Crippen LogP contribution in [0.5, 0.6) is 0 Å². The Balaban J connectivity index is 1.85. The number of carbonyl (C=O) groups excluding carboxylic acids is 2. The minimum atomic E-state index is -0.579. The van der Waals surface area contributed by atoms with Gasteiger partial charge in [-0.1, -0.05) is 0 Å². The number of anilines is 2. The van der Waals surface area contributed by atoms with Crippen molar-refractivity contribution in [2.75, 3.05) is 30.9 Å². The molecule has 0 aromatic heterocycles. The number of amides is 1. The average molecular weight is 316 g/mol. The van der Waals surface area contributed by atoms with Crippen LogP contribution in [-0.2, 0) is 9.53 Å². The molecule has 0 aliphatic rings. The highest BCUT2D eigenvalue weighted by atomic mass is 19.1. The van der Waals surface area contributed by atoms with Crippen molar-refractivity contribution in [2.24, 2.45) is 0 Å². The molecule has 0 saturated heterocycles. The molecule has 0 fully saturated rings. The van der Waals surface area contributed by atoms with Crippen LogP contribution in [0.3, 0.4) is 0 Å². The largest absolute Gasteiger partial charge is 0.452 e. The van der Waals surface area contributed by atoms with Gasteiger partial charge in [0.05, 0.1) is 5.56 Å². The Bertz CT molecular complexity index is 682. The molecule has 2 aromatic rings. The fraction of sp³-hybridized carbons (Fsp3) is 0.176. The van der Waals surface area contributed by atoms with E-state index in [2.05, 4.69) is 5.32 Å². The number of carbonyl (C=O) groups is 2. The summed E-state index contributed by atoms with van der Waals surface area (Å²) in [5.74, 6) is -1.46. The zero-order valence-corrected chi connectivity index (χ0v) is 12.9. The van der Waals surface area contributed by atoms with Crippen LogP contribution in [0, 0.1) is 5.82 Å². The van der Waals surface area contributed by atoms with Crippen molar-refractivity contribution in [3.63, 3.8) is 0 Å². The first-order chi connectivity index (χ1) is 11.0. The van der Waals surface area contributed by atoms with E-state index in [-0.39, 0.29) is 0 Å². The number of halogens is 1. The molecule has 0 radical (unpaired) electrons. The summed E-state index contributed by atoms with van der Waals surface area (Å²) in [6.07, 6.45) is 0. The van der Waals surface area contributed by atoms with Crippen LogP contribution in [0.25, 0.3) is 0 Å². The molecule has 0 heterocycles. The molecular formula is C17H17FN2O3. The number of benzene rings is 2. The van der Waals surface area contributed by atoms with E-state index in [1.54, 1.807) is 24.3 Å². The minimum Gasteiger partial charge on any atom is -0.452 e. The minimum absolute atomic E-state index is 0.366. The van der Waals surface area contributed by atoms with E-state index in [9.17, 15) is 14.0 Å². The van der Waals surface area contributed by atoms with Gasteiger partial charge in [0, 0.05) is 25.5 Å². The highest BCUT2D eigenvalue weighted by Crippen LogP contribution is 2.13. The summed E-state index contributed by atoms with van der Waals surface area (Å²) in [6.45, 7) is -0.411. The molecule has 5 nitrogen and oxygen atoms in total. The van der Waals surface area contributed by atoms with Gasteiger partial charge in [-0.05, 0) is 48.5 Å². The lowest BCUT2D eigenvalue weighted by Crippen LogP contribution is -2.21. The molecule has 1 amide bonds. The van der Waals surface area contributed by atoms with Crippen molar-refractivity contribution in [3.05, 3.63) is 59.9 Å². The van der Waals surface area contributed by atoms with Crippen molar-refractivity contribution in [1.29, 1.82) is 0 Å². The second-order valence-corrected chi connectivity index (χ2v) is 5.07. The van der Waals surface area contributed by atoms with Gasteiger partial charge in [0.15, 0.2) is 6.61 Å². The third-order valence-electron chi connectivity index (χ3n) is 3.08. The number of hydrogen-bond donors (Lipinski definition) is 1. The average Bonchev–Trinajstić information content (AvgIpc) is 2.55. The standard InChI is InChI=1S/C17H17FN2O3/c1-20(2)15-9-3-12(4-10-15)17(22)23-11-16(21)19-14-7-5-13(18)6-8-14/h3-10H,11H2,1-2H3,(H,19,21). The Morgan fingerprint density at radius 3 is 2.22 bits per heavy atom. The van der Waals surface area contributed by atoms with E-state index in [0.29, 0.717) is 11.3 Å². The van der Waals surface area contributed by atoms with Gasteiger partial charge in [0.1, 0.15) is 5.82 Å². The van der Waals surface area contributed by atoms with Gasteiger partial charge in [-0.25, -0.2) is 9.18 Å². The first-order valence-corrected chi connectivity index (χ1v) is 6.95. The lowest BCUT2D eigenvalue weighted by Gasteiger charge is -2.12. The van der Waals surface area contributed by atoms with E-state index in [1.165, 1.54) is 24.3 Å². The molecule has 23 heavy (non-hydrogen) atoms. The smallest absolute Gasteiger partial charge is 0.338 e. The molecule has 0 aliphatic carbocycles. The Hall–Kier alpha value is -2.89. The molecule has 0 aliphatic heterocycles. The predicted octanol–water partition coefficient (Wildman–Crippen LogP) is 2.69. The topological polar surface area (TPSA) is 58.6 Å². The lowest BCUT2D eigenvalue weighted by atomic mass is 10.2. The maximum Gasteiger partial charge on any atom is 0.338 e. The van der Waals surface area contributed by atoms with Crippen LogP contribution in [0.4, 0.5) is 15.8 Å². The lowest BCUT2D eigenvalue weighted by molar-refractivity contribution is -0.119. The summed E-state index contributed by atoms with van der Waals surface area (Å²) < 4.78 is 17.7. The summed E-state index contributed by atoms with van der Waals surface area (Å²) in [5.41, 5.74) is 1.75. The molecule has 0 bridgehead atoms. The van der Waals surface area contributed by atoms with Gasteiger partial charge in [0.25, 0.3) is 5.91 Å². The van der Waals surface area contributed by atoms with Crippen molar-refractivity contribution in [3.8, 4) is 0 Å². The van der Waals surface area contributed by atoms with Crippen LogP contribution >= 0.6 is 0 Å². The molecule has 0 unspecified atom stereocenters. The third-order valence-corrected chi connectivity index (χ3v) is 3.08. The highest BCUT2D eigenvalue weighted by molar-refractivity contribution is 5.95. The maximum atomic E-state index is 12.8. The number of nitrogens with zero attached hydrogens (tertiary/aromatic N) is 1. The molecule has 0 spiro atoms. The summed E-state index contributed by atoms with van der Waals surface area (Å²) in [7, 11) is 3.79. The second-order valence-electron chi connectivity index (χ2n) is 5.07. The van der Waals surface area contributed by atoms with Crippen LogP contribution in [0.15, 0.2) is 48.5 Å². The van der Waals surface area contributed by atoms with Crippen molar-refractivity contribution in [2.45, 2.75) is 0 Å². The SMILES string of the molecule is CN(C)c1ccc(C(=O)OCC(=O)Nc2ccc(F)cc2)cc1. The summed E-state index contributed by atoms with van der Waals surface area (Å²) in [4.78, 5) is 25.5. The van der Waals surface area contributed by atoms with E-state index in [0.717, 1.165) is 5.69 Å². The van der Waals surface area contributed by atoms with Crippen molar-refractivity contribution >= 4 is 23.3 Å². The molecule has 2 rings (SSSR count). The van der Waals surface area contributed by atoms with Crippen LogP contribution < -0.4 is 10.2 Å². The van der Waals surface area contributed by atoms with Gasteiger partial charge < -0.3 is 15.0 Å². The number of esters is 1. The van der Waals surface area contributed by atoms with Crippen molar-refractivity contribution in [1.82, 2.24) is 0 Å². The van der Waals surface area contributed by atoms with E-state index in [1.807, 2.05) is 19.0 Å². The summed E-state index contributed by atoms with van der Waals surface area (Å²) in [6, 6.07) is 12.2. The zero-order chi connectivity index (χ0) is 16.8. The molecule has 1 N–H and O–H groups in total. The predicted molar refractivity (Wildman–Crippen MR) is 86.1 cm³/mol. The number of hydrogen-bond acceptors (Lipinski definition) is 4. The second kappa shape index (κ2) is 7.40. The third kappa shape index (κ3) is 4.81. The molecule has 2 aromatic carbocycles. The van der Waals surface area contributed by atoms with Gasteiger partial charge in [-0.15, -0.1) is 0 Å². The Kier molecular flexibility index (Phi) is 5.30. The highest BCUT2D eigenvalue weighted by Gasteiger charge is 2.10.